The predicted octanol–water partition coefficient (Wildman–Crippen LogP) is 3.06. The molecule has 86 valence electrons. The van der Waals surface area contributed by atoms with Crippen LogP contribution in [0.5, 0.6) is 0 Å². The zero-order valence-electron chi connectivity index (χ0n) is 9.49. The van der Waals surface area contributed by atoms with Crippen molar-refractivity contribution >= 4 is 0 Å². The number of nitrogens with one attached hydrogen (secondary N) is 1. The van der Waals surface area contributed by atoms with Crippen molar-refractivity contribution in [3.63, 3.8) is 0 Å². The van der Waals surface area contributed by atoms with Crippen molar-refractivity contribution in [3.05, 3.63) is 71.0 Å². The lowest BCUT2D eigenvalue weighted by Gasteiger charge is -2.27. The molecule has 2 aromatic rings. The summed E-state index contributed by atoms with van der Waals surface area (Å²) in [5, 5.41) is 3.45. The molecule has 0 radical (unpaired) electrons. The maximum Gasteiger partial charge on any atom is 0.123 e. The molecule has 0 aliphatic carbocycles. The third kappa shape index (κ3) is 1.96. The van der Waals surface area contributed by atoms with E-state index in [1.165, 1.54) is 17.2 Å². The molecule has 0 amide bonds. The predicted molar refractivity (Wildman–Crippen MR) is 66.4 cm³/mol. The van der Waals surface area contributed by atoms with E-state index in [9.17, 15) is 4.39 Å². The van der Waals surface area contributed by atoms with E-state index in [2.05, 4.69) is 23.5 Å². The fourth-order valence-corrected chi connectivity index (χ4v) is 2.49. The number of rotatable bonds is 1. The quantitative estimate of drug-likeness (QED) is 0.789. The molecule has 0 bridgehead atoms. The van der Waals surface area contributed by atoms with Crippen LogP contribution in [-0.2, 0) is 6.42 Å². The Hall–Kier alpha value is -1.67. The standard InChI is InChI=1S/C15H14FN/c16-13-6-3-5-12(10-13)15-14-7-2-1-4-11(14)8-9-17-15/h1-7,10,15,17H,8-9H2. The number of hydrogen-bond acceptors (Lipinski definition) is 1. The minimum absolute atomic E-state index is 0.121. The van der Waals surface area contributed by atoms with Crippen LogP contribution >= 0.6 is 0 Å². The van der Waals surface area contributed by atoms with Gasteiger partial charge in [0.25, 0.3) is 0 Å². The Kier molecular flexibility index (Phi) is 2.65. The van der Waals surface area contributed by atoms with Gasteiger partial charge in [0.05, 0.1) is 6.04 Å². The molecule has 3 rings (SSSR count). The van der Waals surface area contributed by atoms with Crippen LogP contribution in [0, 0.1) is 5.82 Å². The normalized spacial score (nSPS) is 18.8. The Balaban J connectivity index is 2.06. The summed E-state index contributed by atoms with van der Waals surface area (Å²) in [6.07, 6.45) is 1.04. The van der Waals surface area contributed by atoms with Gasteiger partial charge in [0.2, 0.25) is 0 Å². The average Bonchev–Trinajstić information content (AvgIpc) is 2.38. The Labute approximate surface area is 100 Å². The summed E-state index contributed by atoms with van der Waals surface area (Å²) in [4.78, 5) is 0. The topological polar surface area (TPSA) is 12.0 Å². The van der Waals surface area contributed by atoms with Gasteiger partial charge in [-0.1, -0.05) is 36.4 Å². The first-order valence-electron chi connectivity index (χ1n) is 5.91. The highest BCUT2D eigenvalue weighted by Crippen LogP contribution is 2.28. The second kappa shape index (κ2) is 4.30. The summed E-state index contributed by atoms with van der Waals surface area (Å²) < 4.78 is 13.3. The second-order valence-corrected chi connectivity index (χ2v) is 4.39. The molecule has 1 atom stereocenters. The van der Waals surface area contributed by atoms with Gasteiger partial charge in [0.15, 0.2) is 0 Å². The van der Waals surface area contributed by atoms with E-state index in [4.69, 9.17) is 0 Å². The fourth-order valence-electron chi connectivity index (χ4n) is 2.49. The molecule has 0 fully saturated rings. The Morgan fingerprint density at radius 1 is 1.06 bits per heavy atom. The van der Waals surface area contributed by atoms with Crippen LogP contribution < -0.4 is 5.32 Å². The lowest BCUT2D eigenvalue weighted by Crippen LogP contribution is -2.30. The SMILES string of the molecule is Fc1cccc(C2NCCc3ccccc32)c1. The zero-order chi connectivity index (χ0) is 11.7. The van der Waals surface area contributed by atoms with Crippen LogP contribution in [0.1, 0.15) is 22.7 Å². The summed E-state index contributed by atoms with van der Waals surface area (Å²) in [6, 6.07) is 15.3. The number of benzene rings is 2. The molecule has 0 spiro atoms. The number of halogens is 1. The van der Waals surface area contributed by atoms with Crippen LogP contribution in [0.15, 0.2) is 48.5 Å². The molecule has 2 aromatic carbocycles. The lowest BCUT2D eigenvalue weighted by molar-refractivity contribution is 0.560. The molecule has 0 saturated heterocycles. The van der Waals surface area contributed by atoms with Gasteiger partial charge in [-0.2, -0.15) is 0 Å². The van der Waals surface area contributed by atoms with E-state index in [1.54, 1.807) is 12.1 Å². The molecule has 0 saturated carbocycles. The van der Waals surface area contributed by atoms with Crippen LogP contribution in [0.4, 0.5) is 4.39 Å². The molecule has 1 N–H and O–H groups in total. The second-order valence-electron chi connectivity index (χ2n) is 4.39. The minimum Gasteiger partial charge on any atom is -0.306 e. The van der Waals surface area contributed by atoms with E-state index in [1.807, 2.05) is 12.1 Å². The summed E-state index contributed by atoms with van der Waals surface area (Å²) in [5.41, 5.74) is 3.63. The highest BCUT2D eigenvalue weighted by atomic mass is 19.1. The summed E-state index contributed by atoms with van der Waals surface area (Å²) in [6.45, 7) is 0.943. The maximum absolute atomic E-state index is 13.3. The first-order valence-corrected chi connectivity index (χ1v) is 5.91. The molecule has 0 aromatic heterocycles. The molecular weight excluding hydrogens is 213 g/mol. The highest BCUT2D eigenvalue weighted by Gasteiger charge is 2.20. The molecule has 17 heavy (non-hydrogen) atoms. The fraction of sp³-hybridized carbons (Fsp3) is 0.200. The monoisotopic (exact) mass is 227 g/mol. The number of hydrogen-bond donors (Lipinski definition) is 1. The van der Waals surface area contributed by atoms with Crippen LogP contribution in [-0.4, -0.2) is 6.54 Å². The van der Waals surface area contributed by atoms with Gasteiger partial charge in [0, 0.05) is 6.54 Å². The van der Waals surface area contributed by atoms with Gasteiger partial charge in [-0.15, -0.1) is 0 Å². The number of fused-ring (bicyclic) bond motifs is 1. The Bertz CT molecular complexity index is 536. The summed E-state index contributed by atoms with van der Waals surface area (Å²) in [7, 11) is 0. The highest BCUT2D eigenvalue weighted by molar-refractivity contribution is 5.39. The Morgan fingerprint density at radius 3 is 2.82 bits per heavy atom. The molecule has 1 unspecified atom stereocenters. The van der Waals surface area contributed by atoms with E-state index < -0.39 is 0 Å². The first kappa shape index (κ1) is 10.5. The zero-order valence-corrected chi connectivity index (χ0v) is 9.49. The van der Waals surface area contributed by atoms with E-state index >= 15 is 0 Å². The van der Waals surface area contributed by atoms with Gasteiger partial charge >= 0.3 is 0 Å². The third-order valence-electron chi connectivity index (χ3n) is 3.29. The lowest BCUT2D eigenvalue weighted by atomic mass is 9.90. The molecule has 1 aliphatic heterocycles. The molecule has 2 heteroatoms. The Morgan fingerprint density at radius 2 is 1.94 bits per heavy atom. The van der Waals surface area contributed by atoms with Gasteiger partial charge in [-0.05, 0) is 35.2 Å². The van der Waals surface area contributed by atoms with Crippen molar-refractivity contribution in [1.82, 2.24) is 5.32 Å². The molecular formula is C15H14FN. The summed E-state index contributed by atoms with van der Waals surface area (Å²) >= 11 is 0. The molecule has 1 aliphatic rings. The van der Waals surface area contributed by atoms with Crippen molar-refractivity contribution in [1.29, 1.82) is 0 Å². The van der Waals surface area contributed by atoms with Crippen LogP contribution in [0.3, 0.4) is 0 Å². The smallest absolute Gasteiger partial charge is 0.123 e. The third-order valence-corrected chi connectivity index (χ3v) is 3.29. The largest absolute Gasteiger partial charge is 0.306 e. The van der Waals surface area contributed by atoms with Gasteiger partial charge < -0.3 is 5.32 Å². The van der Waals surface area contributed by atoms with Gasteiger partial charge in [-0.3, -0.25) is 0 Å². The van der Waals surface area contributed by atoms with Crippen molar-refractivity contribution in [2.45, 2.75) is 12.5 Å². The summed E-state index contributed by atoms with van der Waals surface area (Å²) in [5.74, 6) is -0.174. The van der Waals surface area contributed by atoms with Crippen molar-refractivity contribution in [2.24, 2.45) is 0 Å². The minimum atomic E-state index is -0.174. The van der Waals surface area contributed by atoms with Crippen molar-refractivity contribution in [2.75, 3.05) is 6.54 Å². The van der Waals surface area contributed by atoms with Gasteiger partial charge in [0.1, 0.15) is 5.82 Å². The van der Waals surface area contributed by atoms with Crippen molar-refractivity contribution < 1.29 is 4.39 Å². The van der Waals surface area contributed by atoms with E-state index in [0.717, 1.165) is 18.5 Å². The first-order chi connectivity index (χ1) is 8.34. The average molecular weight is 227 g/mol. The van der Waals surface area contributed by atoms with Crippen LogP contribution in [0.2, 0.25) is 0 Å². The molecule has 1 nitrogen and oxygen atoms in total. The van der Waals surface area contributed by atoms with Gasteiger partial charge in [-0.25, -0.2) is 4.39 Å². The maximum atomic E-state index is 13.3. The molecule has 1 heterocycles. The van der Waals surface area contributed by atoms with Crippen LogP contribution in [0.25, 0.3) is 0 Å². The van der Waals surface area contributed by atoms with Crippen molar-refractivity contribution in [3.8, 4) is 0 Å². The van der Waals surface area contributed by atoms with E-state index in [-0.39, 0.29) is 11.9 Å². The van der Waals surface area contributed by atoms with E-state index in [0.29, 0.717) is 0 Å².